The van der Waals surface area contributed by atoms with E-state index in [1.54, 1.807) is 4.40 Å². The van der Waals surface area contributed by atoms with Crippen molar-refractivity contribution in [2.75, 3.05) is 0 Å². The monoisotopic (exact) mass is 243 g/mol. The average Bonchev–Trinajstić information content (AvgIpc) is 2.72. The number of benzene rings is 1. The van der Waals surface area contributed by atoms with Gasteiger partial charge in [0.25, 0.3) is 0 Å². The minimum Gasteiger partial charge on any atom is -0.273 e. The molecule has 84 valence electrons. The van der Waals surface area contributed by atoms with Gasteiger partial charge < -0.3 is 0 Å². The lowest BCUT2D eigenvalue weighted by Gasteiger charge is -2.03. The van der Waals surface area contributed by atoms with Crippen LogP contribution >= 0.6 is 11.6 Å². The van der Waals surface area contributed by atoms with Crippen molar-refractivity contribution in [1.82, 2.24) is 14.6 Å². The summed E-state index contributed by atoms with van der Waals surface area (Å²) < 4.78 is 1.77. The Bertz CT molecular complexity index is 671. The summed E-state index contributed by atoms with van der Waals surface area (Å²) in [7, 11) is 0. The molecule has 0 radical (unpaired) electrons. The van der Waals surface area contributed by atoms with Gasteiger partial charge in [-0.25, -0.2) is 0 Å². The zero-order chi connectivity index (χ0) is 11.8. The SMILES string of the molecule is Cc1ccc(-c2ccc3nnc(Cl)n3c2)cc1. The molecule has 0 fully saturated rings. The number of rotatable bonds is 1. The number of hydrogen-bond donors (Lipinski definition) is 0. The lowest BCUT2D eigenvalue weighted by Crippen LogP contribution is -1.87. The van der Waals surface area contributed by atoms with Crippen molar-refractivity contribution in [1.29, 1.82) is 0 Å². The molecule has 0 aliphatic rings. The number of hydrogen-bond acceptors (Lipinski definition) is 2. The second-order valence-corrected chi connectivity index (χ2v) is 4.32. The summed E-state index contributed by atoms with van der Waals surface area (Å²) >= 11 is 5.95. The van der Waals surface area contributed by atoms with Gasteiger partial charge in [-0.05, 0) is 41.8 Å². The molecule has 4 heteroatoms. The van der Waals surface area contributed by atoms with Crippen LogP contribution in [0, 0.1) is 6.92 Å². The summed E-state index contributed by atoms with van der Waals surface area (Å²) in [4.78, 5) is 0. The molecule has 0 aliphatic heterocycles. The third kappa shape index (κ3) is 1.78. The van der Waals surface area contributed by atoms with Gasteiger partial charge in [0.15, 0.2) is 5.65 Å². The molecule has 0 saturated heterocycles. The molecule has 0 amide bonds. The number of fused-ring (bicyclic) bond motifs is 1. The molecule has 0 bridgehead atoms. The molecular formula is C13H10ClN3. The first-order chi connectivity index (χ1) is 8.24. The average molecular weight is 244 g/mol. The second kappa shape index (κ2) is 3.86. The van der Waals surface area contributed by atoms with Crippen molar-refractivity contribution >= 4 is 17.2 Å². The smallest absolute Gasteiger partial charge is 0.229 e. The Morgan fingerprint density at radius 2 is 1.65 bits per heavy atom. The molecule has 2 aromatic heterocycles. The van der Waals surface area contributed by atoms with E-state index in [2.05, 4.69) is 41.4 Å². The van der Waals surface area contributed by atoms with E-state index in [-0.39, 0.29) is 0 Å². The molecule has 3 aromatic rings. The fourth-order valence-electron chi connectivity index (χ4n) is 1.78. The van der Waals surface area contributed by atoms with Gasteiger partial charge in [-0.2, -0.15) is 0 Å². The van der Waals surface area contributed by atoms with Crippen molar-refractivity contribution < 1.29 is 0 Å². The summed E-state index contributed by atoms with van der Waals surface area (Å²) in [5, 5.41) is 8.15. The molecule has 1 aromatic carbocycles. The number of aromatic nitrogens is 3. The molecule has 0 atom stereocenters. The van der Waals surface area contributed by atoms with Gasteiger partial charge >= 0.3 is 0 Å². The highest BCUT2D eigenvalue weighted by Crippen LogP contribution is 2.21. The van der Waals surface area contributed by atoms with E-state index in [1.807, 2.05) is 18.3 Å². The molecule has 17 heavy (non-hydrogen) atoms. The summed E-state index contributed by atoms with van der Waals surface area (Å²) in [5.41, 5.74) is 4.25. The number of pyridine rings is 1. The van der Waals surface area contributed by atoms with E-state index in [0.717, 1.165) is 16.8 Å². The normalized spacial score (nSPS) is 10.9. The zero-order valence-corrected chi connectivity index (χ0v) is 10.0. The lowest BCUT2D eigenvalue weighted by molar-refractivity contribution is 1.10. The van der Waals surface area contributed by atoms with Crippen LogP contribution in [0.5, 0.6) is 0 Å². The maximum Gasteiger partial charge on any atom is 0.229 e. The minimum atomic E-state index is 0.383. The fourth-order valence-corrected chi connectivity index (χ4v) is 1.95. The lowest BCUT2D eigenvalue weighted by atomic mass is 10.1. The van der Waals surface area contributed by atoms with Crippen LogP contribution in [-0.4, -0.2) is 14.6 Å². The standard InChI is InChI=1S/C13H10ClN3/c1-9-2-4-10(5-3-9)11-6-7-12-15-16-13(14)17(12)8-11/h2-8H,1H3. The zero-order valence-electron chi connectivity index (χ0n) is 9.26. The molecular weight excluding hydrogens is 234 g/mol. The van der Waals surface area contributed by atoms with E-state index in [1.165, 1.54) is 5.56 Å². The van der Waals surface area contributed by atoms with Crippen LogP contribution in [0.15, 0.2) is 42.6 Å². The number of aryl methyl sites for hydroxylation is 1. The van der Waals surface area contributed by atoms with Crippen LogP contribution in [0.2, 0.25) is 5.28 Å². The van der Waals surface area contributed by atoms with Gasteiger partial charge in [0.05, 0.1) is 0 Å². The molecule has 3 rings (SSSR count). The first kappa shape index (κ1) is 10.3. The predicted molar refractivity (Wildman–Crippen MR) is 68.2 cm³/mol. The third-order valence-corrected chi connectivity index (χ3v) is 3.00. The van der Waals surface area contributed by atoms with Crippen LogP contribution in [0.4, 0.5) is 0 Å². The van der Waals surface area contributed by atoms with Crippen LogP contribution in [0.25, 0.3) is 16.8 Å². The largest absolute Gasteiger partial charge is 0.273 e. The Balaban J connectivity index is 2.17. The Morgan fingerprint density at radius 3 is 2.41 bits per heavy atom. The maximum absolute atomic E-state index is 5.95. The van der Waals surface area contributed by atoms with Gasteiger partial charge in [0, 0.05) is 6.20 Å². The highest BCUT2D eigenvalue weighted by molar-refractivity contribution is 6.28. The number of nitrogens with zero attached hydrogens (tertiary/aromatic N) is 3. The summed E-state index contributed by atoms with van der Waals surface area (Å²) in [6.45, 7) is 2.07. The van der Waals surface area contributed by atoms with E-state index < -0.39 is 0 Å². The maximum atomic E-state index is 5.95. The van der Waals surface area contributed by atoms with Crippen LogP contribution < -0.4 is 0 Å². The molecule has 0 saturated carbocycles. The summed E-state index contributed by atoms with van der Waals surface area (Å²) in [6.07, 6.45) is 1.95. The third-order valence-electron chi connectivity index (χ3n) is 2.75. The first-order valence-corrected chi connectivity index (χ1v) is 5.69. The molecule has 2 heterocycles. The van der Waals surface area contributed by atoms with Crippen LogP contribution in [-0.2, 0) is 0 Å². The van der Waals surface area contributed by atoms with Crippen molar-refractivity contribution in [3.05, 3.63) is 53.4 Å². The fraction of sp³-hybridized carbons (Fsp3) is 0.0769. The second-order valence-electron chi connectivity index (χ2n) is 3.98. The highest BCUT2D eigenvalue weighted by Gasteiger charge is 2.04. The van der Waals surface area contributed by atoms with E-state index in [0.29, 0.717) is 5.28 Å². The van der Waals surface area contributed by atoms with Crippen molar-refractivity contribution in [3.8, 4) is 11.1 Å². The summed E-state index contributed by atoms with van der Waals surface area (Å²) in [6, 6.07) is 12.3. The summed E-state index contributed by atoms with van der Waals surface area (Å²) in [5.74, 6) is 0. The Labute approximate surface area is 104 Å². The Hall–Kier alpha value is -1.87. The molecule has 0 N–H and O–H groups in total. The van der Waals surface area contributed by atoms with Gasteiger partial charge in [0.1, 0.15) is 0 Å². The molecule has 0 aliphatic carbocycles. The highest BCUT2D eigenvalue weighted by atomic mass is 35.5. The Morgan fingerprint density at radius 1 is 0.941 bits per heavy atom. The van der Waals surface area contributed by atoms with E-state index in [4.69, 9.17) is 11.6 Å². The van der Waals surface area contributed by atoms with Gasteiger partial charge in [-0.15, -0.1) is 10.2 Å². The quantitative estimate of drug-likeness (QED) is 0.656. The van der Waals surface area contributed by atoms with E-state index >= 15 is 0 Å². The molecule has 0 spiro atoms. The van der Waals surface area contributed by atoms with Crippen LogP contribution in [0.3, 0.4) is 0 Å². The van der Waals surface area contributed by atoms with Gasteiger partial charge in [0.2, 0.25) is 5.28 Å². The van der Waals surface area contributed by atoms with Gasteiger partial charge in [-0.3, -0.25) is 4.40 Å². The molecule has 3 nitrogen and oxygen atoms in total. The number of halogens is 1. The molecule has 0 unspecified atom stereocenters. The first-order valence-electron chi connectivity index (χ1n) is 5.31. The van der Waals surface area contributed by atoms with E-state index in [9.17, 15) is 0 Å². The minimum absolute atomic E-state index is 0.383. The van der Waals surface area contributed by atoms with Crippen LogP contribution in [0.1, 0.15) is 5.56 Å². The van der Waals surface area contributed by atoms with Gasteiger partial charge in [-0.1, -0.05) is 29.8 Å². The van der Waals surface area contributed by atoms with Crippen molar-refractivity contribution in [3.63, 3.8) is 0 Å². The predicted octanol–water partition coefficient (Wildman–Crippen LogP) is 3.36. The van der Waals surface area contributed by atoms with Crippen molar-refractivity contribution in [2.45, 2.75) is 6.92 Å². The Kier molecular flexibility index (Phi) is 2.34. The topological polar surface area (TPSA) is 30.2 Å². The van der Waals surface area contributed by atoms with Crippen molar-refractivity contribution in [2.24, 2.45) is 0 Å².